The molecule has 5 nitrogen and oxygen atoms in total. The first-order valence-corrected chi connectivity index (χ1v) is 7.64. The van der Waals surface area contributed by atoms with Crippen molar-refractivity contribution in [3.05, 3.63) is 65.7 Å². The predicted molar refractivity (Wildman–Crippen MR) is 87.9 cm³/mol. The molecule has 2 aromatic carbocycles. The van der Waals surface area contributed by atoms with E-state index in [1.54, 1.807) is 31.2 Å². The molecule has 2 rings (SSSR count). The lowest BCUT2D eigenvalue weighted by atomic mass is 10.1. The number of amides is 2. The number of carbonyl (C=O) groups excluding carboxylic acids is 2. The fourth-order valence-electron chi connectivity index (χ4n) is 2.05. The van der Waals surface area contributed by atoms with Crippen molar-refractivity contribution in [3.63, 3.8) is 0 Å². The van der Waals surface area contributed by atoms with Gasteiger partial charge in [0.1, 0.15) is 5.75 Å². The first-order valence-electron chi connectivity index (χ1n) is 7.64. The van der Waals surface area contributed by atoms with Crippen LogP contribution in [-0.4, -0.2) is 25.0 Å². The van der Waals surface area contributed by atoms with Gasteiger partial charge in [-0.3, -0.25) is 9.59 Å². The van der Waals surface area contributed by atoms with Crippen LogP contribution in [0.2, 0.25) is 0 Å². The Hall–Kier alpha value is -2.96. The summed E-state index contributed by atoms with van der Waals surface area (Å²) < 4.78 is 31.4. The highest BCUT2D eigenvalue weighted by Gasteiger charge is 2.13. The van der Waals surface area contributed by atoms with Crippen LogP contribution in [0.1, 0.15) is 18.5 Å². The summed E-state index contributed by atoms with van der Waals surface area (Å²) in [5, 5.41) is 5.01. The number of hydrogen-bond donors (Lipinski definition) is 2. The molecule has 25 heavy (non-hydrogen) atoms. The van der Waals surface area contributed by atoms with Crippen LogP contribution in [0.4, 0.5) is 8.78 Å². The van der Waals surface area contributed by atoms with E-state index in [0.717, 1.165) is 12.1 Å². The van der Waals surface area contributed by atoms with Gasteiger partial charge in [-0.1, -0.05) is 24.3 Å². The molecule has 0 saturated carbocycles. The maximum atomic E-state index is 13.2. The van der Waals surface area contributed by atoms with Gasteiger partial charge in [0, 0.05) is 0 Å². The maximum absolute atomic E-state index is 13.2. The zero-order valence-electron chi connectivity index (χ0n) is 13.6. The Bertz CT molecular complexity index is 738. The zero-order chi connectivity index (χ0) is 18.2. The lowest BCUT2D eigenvalue weighted by molar-refractivity contribution is -0.127. The van der Waals surface area contributed by atoms with E-state index in [4.69, 9.17) is 4.74 Å². The lowest BCUT2D eigenvalue weighted by Crippen LogP contribution is -2.39. The van der Waals surface area contributed by atoms with Crippen molar-refractivity contribution in [3.8, 4) is 5.75 Å². The summed E-state index contributed by atoms with van der Waals surface area (Å²) in [7, 11) is 0. The Labute approximate surface area is 144 Å². The SMILES string of the molecule is CC(NC(=O)CNC(=O)COc1ccccc1)c1ccc(F)c(F)c1. The quantitative estimate of drug-likeness (QED) is 0.807. The third-order valence-corrected chi connectivity index (χ3v) is 3.38. The first-order chi connectivity index (χ1) is 12.0. The summed E-state index contributed by atoms with van der Waals surface area (Å²) in [5.41, 5.74) is 0.422. The molecule has 0 saturated heterocycles. The number of ether oxygens (including phenoxy) is 1. The van der Waals surface area contributed by atoms with Crippen LogP contribution in [0.5, 0.6) is 5.75 Å². The van der Waals surface area contributed by atoms with Crippen LogP contribution in [0.3, 0.4) is 0 Å². The van der Waals surface area contributed by atoms with Gasteiger partial charge in [-0.15, -0.1) is 0 Å². The number of nitrogens with one attached hydrogen (secondary N) is 2. The predicted octanol–water partition coefficient (Wildman–Crippen LogP) is 2.34. The van der Waals surface area contributed by atoms with E-state index >= 15 is 0 Å². The molecule has 7 heteroatoms. The summed E-state index contributed by atoms with van der Waals surface area (Å²) >= 11 is 0. The number of halogens is 2. The molecule has 0 aliphatic heterocycles. The molecule has 2 N–H and O–H groups in total. The smallest absolute Gasteiger partial charge is 0.258 e. The van der Waals surface area contributed by atoms with Gasteiger partial charge in [-0.25, -0.2) is 8.78 Å². The third-order valence-electron chi connectivity index (χ3n) is 3.38. The second kappa shape index (κ2) is 8.77. The Morgan fingerprint density at radius 3 is 2.44 bits per heavy atom. The summed E-state index contributed by atoms with van der Waals surface area (Å²) in [6, 6.07) is 11.7. The Kier molecular flexibility index (Phi) is 6.45. The Morgan fingerprint density at radius 2 is 1.76 bits per heavy atom. The van der Waals surface area contributed by atoms with Crippen molar-refractivity contribution in [2.75, 3.05) is 13.2 Å². The second-order valence-electron chi connectivity index (χ2n) is 5.34. The van der Waals surface area contributed by atoms with E-state index in [1.807, 2.05) is 6.07 Å². The number of carbonyl (C=O) groups is 2. The minimum absolute atomic E-state index is 0.212. The van der Waals surface area contributed by atoms with Crippen molar-refractivity contribution >= 4 is 11.8 Å². The van der Waals surface area contributed by atoms with E-state index < -0.39 is 29.5 Å². The van der Waals surface area contributed by atoms with Gasteiger partial charge in [-0.2, -0.15) is 0 Å². The van der Waals surface area contributed by atoms with Crippen molar-refractivity contribution in [2.24, 2.45) is 0 Å². The molecule has 0 radical (unpaired) electrons. The summed E-state index contributed by atoms with van der Waals surface area (Å²) in [6.45, 7) is 1.17. The molecule has 132 valence electrons. The minimum atomic E-state index is -0.982. The van der Waals surface area contributed by atoms with E-state index in [0.29, 0.717) is 11.3 Å². The molecule has 0 bridgehead atoms. The second-order valence-corrected chi connectivity index (χ2v) is 5.34. The highest BCUT2D eigenvalue weighted by molar-refractivity contribution is 5.85. The molecule has 0 fully saturated rings. The third kappa shape index (κ3) is 5.87. The Morgan fingerprint density at radius 1 is 1.04 bits per heavy atom. The Balaban J connectivity index is 1.74. The largest absolute Gasteiger partial charge is 0.484 e. The molecule has 1 unspecified atom stereocenters. The average molecular weight is 348 g/mol. The zero-order valence-corrected chi connectivity index (χ0v) is 13.6. The van der Waals surface area contributed by atoms with Crippen molar-refractivity contribution in [1.29, 1.82) is 0 Å². The molecule has 0 aromatic heterocycles. The number of benzene rings is 2. The van der Waals surface area contributed by atoms with Crippen LogP contribution in [-0.2, 0) is 9.59 Å². The normalized spacial score (nSPS) is 11.5. The van der Waals surface area contributed by atoms with Gasteiger partial charge in [0.2, 0.25) is 5.91 Å². The van der Waals surface area contributed by atoms with Crippen LogP contribution in [0.25, 0.3) is 0 Å². The molecule has 2 amide bonds. The summed E-state index contributed by atoms with van der Waals surface area (Å²) in [5.74, 6) is -2.28. The van der Waals surface area contributed by atoms with Crippen molar-refractivity contribution in [2.45, 2.75) is 13.0 Å². The topological polar surface area (TPSA) is 67.4 Å². The van der Waals surface area contributed by atoms with Crippen LogP contribution in [0, 0.1) is 11.6 Å². The fourth-order valence-corrected chi connectivity index (χ4v) is 2.05. The average Bonchev–Trinajstić information content (AvgIpc) is 2.61. The van der Waals surface area contributed by atoms with E-state index in [-0.39, 0.29) is 13.2 Å². The van der Waals surface area contributed by atoms with Crippen LogP contribution in [0.15, 0.2) is 48.5 Å². The molecular weight excluding hydrogens is 330 g/mol. The molecule has 1 atom stereocenters. The number of rotatable bonds is 7. The number of hydrogen-bond acceptors (Lipinski definition) is 3. The van der Waals surface area contributed by atoms with Gasteiger partial charge in [0.25, 0.3) is 5.91 Å². The van der Waals surface area contributed by atoms with Crippen molar-refractivity contribution in [1.82, 2.24) is 10.6 Å². The van der Waals surface area contributed by atoms with Gasteiger partial charge in [0.05, 0.1) is 12.6 Å². The lowest BCUT2D eigenvalue weighted by Gasteiger charge is -2.15. The molecule has 2 aromatic rings. The molecule has 0 aliphatic carbocycles. The highest BCUT2D eigenvalue weighted by Crippen LogP contribution is 2.15. The van der Waals surface area contributed by atoms with Crippen LogP contribution >= 0.6 is 0 Å². The van der Waals surface area contributed by atoms with E-state index in [1.165, 1.54) is 6.07 Å². The van der Waals surface area contributed by atoms with Gasteiger partial charge >= 0.3 is 0 Å². The maximum Gasteiger partial charge on any atom is 0.258 e. The fraction of sp³-hybridized carbons (Fsp3) is 0.222. The molecule has 0 spiro atoms. The minimum Gasteiger partial charge on any atom is -0.484 e. The standard InChI is InChI=1S/C18H18F2N2O3/c1-12(13-7-8-15(19)16(20)9-13)22-17(23)10-21-18(24)11-25-14-5-3-2-4-6-14/h2-9,12H,10-11H2,1H3,(H,21,24)(H,22,23). The van der Waals surface area contributed by atoms with Gasteiger partial charge in [-0.05, 0) is 36.8 Å². The van der Waals surface area contributed by atoms with Crippen LogP contribution < -0.4 is 15.4 Å². The molecule has 0 heterocycles. The first kappa shape index (κ1) is 18.4. The van der Waals surface area contributed by atoms with E-state index in [2.05, 4.69) is 10.6 Å². The van der Waals surface area contributed by atoms with Gasteiger partial charge < -0.3 is 15.4 Å². The highest BCUT2D eigenvalue weighted by atomic mass is 19.2. The van der Waals surface area contributed by atoms with Gasteiger partial charge in [0.15, 0.2) is 18.2 Å². The monoisotopic (exact) mass is 348 g/mol. The number of para-hydroxylation sites is 1. The van der Waals surface area contributed by atoms with E-state index in [9.17, 15) is 18.4 Å². The summed E-state index contributed by atoms with van der Waals surface area (Å²) in [6.07, 6.45) is 0. The summed E-state index contributed by atoms with van der Waals surface area (Å²) in [4.78, 5) is 23.5. The molecule has 0 aliphatic rings. The molecular formula is C18H18F2N2O3. The van der Waals surface area contributed by atoms with Crippen molar-refractivity contribution < 1.29 is 23.1 Å².